The number of hydrogen-bond donors (Lipinski definition) is 2. The number of piperidine rings is 1. The number of rotatable bonds is 7. The van der Waals surface area contributed by atoms with Crippen molar-refractivity contribution >= 4 is 11.8 Å². The number of halogens is 3. The van der Waals surface area contributed by atoms with Gasteiger partial charge in [-0.2, -0.15) is 0 Å². The lowest BCUT2D eigenvalue weighted by Gasteiger charge is -2.43. The van der Waals surface area contributed by atoms with E-state index in [1.807, 2.05) is 0 Å². The molecule has 3 aromatic rings. The first kappa shape index (κ1) is 27.4. The highest BCUT2D eigenvalue weighted by Crippen LogP contribution is 2.45. The molecule has 6 rings (SSSR count). The van der Waals surface area contributed by atoms with Crippen LogP contribution in [0.25, 0.3) is 11.3 Å². The molecular weight excluding hydrogens is 535 g/mol. The lowest BCUT2D eigenvalue weighted by molar-refractivity contribution is -0.129. The van der Waals surface area contributed by atoms with Crippen LogP contribution >= 0.6 is 0 Å². The van der Waals surface area contributed by atoms with Crippen LogP contribution in [0.5, 0.6) is 0 Å². The van der Waals surface area contributed by atoms with Gasteiger partial charge in [-0.3, -0.25) is 19.5 Å². The normalized spacial score (nSPS) is 22.7. The fraction of sp³-hybridized carbons (Fsp3) is 0.467. The Kier molecular flexibility index (Phi) is 7.54. The number of benzene rings is 1. The van der Waals surface area contributed by atoms with Gasteiger partial charge in [0, 0.05) is 37.3 Å². The predicted molar refractivity (Wildman–Crippen MR) is 143 cm³/mol. The number of hydrogen-bond acceptors (Lipinski definition) is 6. The molecule has 2 atom stereocenters. The summed E-state index contributed by atoms with van der Waals surface area (Å²) in [6.07, 6.45) is 8.87. The average Bonchev–Trinajstić information content (AvgIpc) is 3.58. The molecule has 11 heteroatoms. The molecule has 0 unspecified atom stereocenters. The number of aromatic nitrogens is 2. The maximum Gasteiger partial charge on any atom is 0.273 e. The fourth-order valence-corrected chi connectivity index (χ4v) is 6.19. The highest BCUT2D eigenvalue weighted by atomic mass is 19.1. The van der Waals surface area contributed by atoms with Gasteiger partial charge in [-0.15, -0.1) is 0 Å². The lowest BCUT2D eigenvalue weighted by atomic mass is 9.86. The van der Waals surface area contributed by atoms with Gasteiger partial charge in [0.2, 0.25) is 5.91 Å². The van der Waals surface area contributed by atoms with Gasteiger partial charge in [0.15, 0.2) is 11.5 Å². The largest absolute Gasteiger partial charge is 0.355 e. The van der Waals surface area contributed by atoms with Crippen LogP contribution in [0.15, 0.2) is 47.1 Å². The molecule has 3 heterocycles. The van der Waals surface area contributed by atoms with Crippen LogP contribution in [-0.4, -0.2) is 52.0 Å². The van der Waals surface area contributed by atoms with E-state index < -0.39 is 40.9 Å². The number of nitrogens with zero attached hydrogens (tertiary/aromatic N) is 3. The Bertz CT molecular complexity index is 1420. The first-order valence-corrected chi connectivity index (χ1v) is 14.2. The Morgan fingerprint density at radius 1 is 0.976 bits per heavy atom. The monoisotopic (exact) mass is 567 g/mol. The summed E-state index contributed by atoms with van der Waals surface area (Å²) in [6.45, 7) is 1.24. The second-order valence-corrected chi connectivity index (χ2v) is 11.4. The number of carbonyl (C=O) groups excluding carboxylic acids is 2. The van der Waals surface area contributed by atoms with E-state index in [2.05, 4.69) is 25.7 Å². The maximum absolute atomic E-state index is 14.2. The van der Waals surface area contributed by atoms with Crippen LogP contribution in [0.2, 0.25) is 0 Å². The molecule has 1 saturated heterocycles. The fourth-order valence-electron chi connectivity index (χ4n) is 6.19. The minimum atomic E-state index is -0.829. The molecule has 1 aliphatic heterocycles. The molecule has 2 N–H and O–H groups in total. The second-order valence-electron chi connectivity index (χ2n) is 11.4. The summed E-state index contributed by atoms with van der Waals surface area (Å²) in [5.74, 6) is -3.26. The third-order valence-electron chi connectivity index (χ3n) is 8.66. The Labute approximate surface area is 235 Å². The zero-order chi connectivity index (χ0) is 28.6. The van der Waals surface area contributed by atoms with E-state index in [-0.39, 0.29) is 22.9 Å². The molecule has 0 spiro atoms. The van der Waals surface area contributed by atoms with Crippen LogP contribution in [-0.2, 0) is 10.3 Å². The van der Waals surface area contributed by atoms with Gasteiger partial charge in [-0.05, 0) is 56.4 Å². The van der Waals surface area contributed by atoms with E-state index in [0.29, 0.717) is 37.5 Å². The van der Waals surface area contributed by atoms with E-state index in [0.717, 1.165) is 37.7 Å². The molecule has 0 radical (unpaired) electrons. The Balaban J connectivity index is 1.19. The highest BCUT2D eigenvalue weighted by Gasteiger charge is 2.49. The van der Waals surface area contributed by atoms with Crippen LogP contribution in [0.1, 0.15) is 67.5 Å². The second kappa shape index (κ2) is 11.3. The summed E-state index contributed by atoms with van der Waals surface area (Å²) in [6, 6.07) is 7.23. The maximum atomic E-state index is 14.2. The molecule has 2 aromatic heterocycles. The number of amides is 2. The first-order chi connectivity index (χ1) is 19.8. The predicted octanol–water partition coefficient (Wildman–Crippen LogP) is 4.71. The number of nitrogens with one attached hydrogen (secondary N) is 2. The number of likely N-dealkylation sites (tertiary alicyclic amines) is 1. The average molecular weight is 568 g/mol. The van der Waals surface area contributed by atoms with E-state index in [4.69, 9.17) is 4.52 Å². The third-order valence-corrected chi connectivity index (χ3v) is 8.66. The summed E-state index contributed by atoms with van der Waals surface area (Å²) >= 11 is 0. The van der Waals surface area contributed by atoms with Crippen molar-refractivity contribution in [2.45, 2.75) is 69.0 Å². The molecule has 3 aliphatic rings. The highest BCUT2D eigenvalue weighted by molar-refractivity contribution is 5.94. The summed E-state index contributed by atoms with van der Waals surface area (Å²) < 4.78 is 46.2. The van der Waals surface area contributed by atoms with E-state index in [1.54, 1.807) is 6.07 Å². The van der Waals surface area contributed by atoms with E-state index in [9.17, 15) is 22.8 Å². The number of pyridine rings is 1. The van der Waals surface area contributed by atoms with Gasteiger partial charge in [-0.1, -0.05) is 24.4 Å². The summed E-state index contributed by atoms with van der Waals surface area (Å²) in [5, 5.41) is 9.93. The molecule has 41 heavy (non-hydrogen) atoms. The molecule has 1 aromatic carbocycles. The van der Waals surface area contributed by atoms with Crippen molar-refractivity contribution in [3.05, 3.63) is 71.4 Å². The van der Waals surface area contributed by atoms with Gasteiger partial charge in [0.1, 0.15) is 17.5 Å². The summed E-state index contributed by atoms with van der Waals surface area (Å²) in [7, 11) is 0. The van der Waals surface area contributed by atoms with Crippen LogP contribution < -0.4 is 10.6 Å². The molecule has 8 nitrogen and oxygen atoms in total. The summed E-state index contributed by atoms with van der Waals surface area (Å²) in [4.78, 5) is 33.6. The van der Waals surface area contributed by atoms with Gasteiger partial charge in [0.25, 0.3) is 5.91 Å². The van der Waals surface area contributed by atoms with Crippen molar-refractivity contribution in [2.24, 2.45) is 5.92 Å². The van der Waals surface area contributed by atoms with Gasteiger partial charge in [0.05, 0.1) is 28.9 Å². The standard InChI is InChI=1S/C30H32F3N5O3/c31-18-6-8-21(23(33)14-18)26-15-25(37-41-26)29(40)35-24-10-13-38(20-4-2-1-3-5-20)17-22(24)28(39)36-30(11-12-30)27-9-7-19(32)16-34-27/h6-9,14-16,20,22,24H,1-5,10-13,17H2,(H,35,40)(H,36,39)/t22-,24-/m0/s1. The minimum absolute atomic E-state index is 0.00321. The quantitative estimate of drug-likeness (QED) is 0.429. The molecule has 2 aliphatic carbocycles. The Morgan fingerprint density at radius 2 is 1.76 bits per heavy atom. The zero-order valence-corrected chi connectivity index (χ0v) is 22.5. The van der Waals surface area contributed by atoms with Crippen molar-refractivity contribution in [1.29, 1.82) is 0 Å². The zero-order valence-electron chi connectivity index (χ0n) is 22.5. The number of carbonyl (C=O) groups is 2. The van der Waals surface area contributed by atoms with Gasteiger partial charge >= 0.3 is 0 Å². The topological polar surface area (TPSA) is 100 Å². The van der Waals surface area contributed by atoms with Gasteiger partial charge < -0.3 is 15.2 Å². The van der Waals surface area contributed by atoms with Crippen molar-refractivity contribution in [1.82, 2.24) is 25.7 Å². The summed E-state index contributed by atoms with van der Waals surface area (Å²) in [5.41, 5.74) is -0.0880. The third kappa shape index (κ3) is 5.86. The lowest BCUT2D eigenvalue weighted by Crippen LogP contribution is -2.58. The molecule has 216 valence electrons. The molecule has 2 saturated carbocycles. The smallest absolute Gasteiger partial charge is 0.273 e. The molecular formula is C30H32F3N5O3. The molecule has 3 fully saturated rings. The minimum Gasteiger partial charge on any atom is -0.355 e. The van der Waals surface area contributed by atoms with Gasteiger partial charge in [-0.25, -0.2) is 13.2 Å². The van der Waals surface area contributed by atoms with Crippen LogP contribution in [0.4, 0.5) is 13.2 Å². The van der Waals surface area contributed by atoms with Crippen LogP contribution in [0.3, 0.4) is 0 Å². The first-order valence-electron chi connectivity index (χ1n) is 14.2. The van der Waals surface area contributed by atoms with E-state index in [1.165, 1.54) is 37.5 Å². The Hall–Kier alpha value is -3.73. The van der Waals surface area contributed by atoms with Crippen molar-refractivity contribution in [3.63, 3.8) is 0 Å². The Morgan fingerprint density at radius 3 is 2.46 bits per heavy atom. The molecule has 2 amide bonds. The van der Waals surface area contributed by atoms with E-state index >= 15 is 0 Å². The van der Waals surface area contributed by atoms with Crippen molar-refractivity contribution in [3.8, 4) is 11.3 Å². The van der Waals surface area contributed by atoms with Crippen molar-refractivity contribution < 1.29 is 27.3 Å². The van der Waals surface area contributed by atoms with Crippen LogP contribution in [0, 0.1) is 23.4 Å². The van der Waals surface area contributed by atoms with Crippen molar-refractivity contribution in [2.75, 3.05) is 13.1 Å². The SMILES string of the molecule is O=C(N[C@H]1CCN(C2CCCCC2)C[C@@H]1C(=O)NC1(c2ccc(F)cn2)CC1)c1cc(-c2ccc(F)cc2F)on1. The molecule has 0 bridgehead atoms.